The Morgan fingerprint density at radius 1 is 1.20 bits per heavy atom. The molecule has 1 amide bonds. The number of nitrogens with zero attached hydrogens (tertiary/aromatic N) is 1. The number of amides is 1. The van der Waals surface area contributed by atoms with Gasteiger partial charge in [-0.05, 0) is 33.3 Å². The van der Waals surface area contributed by atoms with Crippen LogP contribution < -0.4 is 0 Å². The number of rotatable bonds is 3. The summed E-state index contributed by atoms with van der Waals surface area (Å²) in [6, 6.07) is 8.33. The van der Waals surface area contributed by atoms with Crippen LogP contribution in [-0.4, -0.2) is 30.7 Å². The van der Waals surface area contributed by atoms with Crippen LogP contribution in [-0.2, 0) is 14.8 Å². The molecule has 20 heavy (non-hydrogen) atoms. The molecule has 112 valence electrons. The number of carbonyl (C=O) groups is 1. The molecular weight excluding hydrogens is 278 g/mol. The maximum atomic E-state index is 12.1. The van der Waals surface area contributed by atoms with Crippen LogP contribution in [0.3, 0.4) is 0 Å². The second kappa shape index (κ2) is 5.83. The van der Waals surface area contributed by atoms with E-state index in [0.717, 1.165) is 16.1 Å². The largest absolute Gasteiger partial charge is 0.443 e. The predicted molar refractivity (Wildman–Crippen MR) is 77.8 cm³/mol. The zero-order valence-electron chi connectivity index (χ0n) is 12.5. The van der Waals surface area contributed by atoms with Crippen LogP contribution in [0.1, 0.15) is 39.3 Å². The first-order valence-electron chi connectivity index (χ1n) is 6.30. The molecule has 0 aliphatic heterocycles. The predicted octanol–water partition coefficient (Wildman–Crippen LogP) is 2.94. The fraction of sp³-hybridized carbons (Fsp3) is 0.500. The van der Waals surface area contributed by atoms with Crippen molar-refractivity contribution in [2.24, 2.45) is 0 Å². The fourth-order valence-corrected chi connectivity index (χ4v) is 2.76. The molecule has 0 saturated heterocycles. The molecule has 0 radical (unpaired) electrons. The van der Waals surface area contributed by atoms with Gasteiger partial charge in [-0.15, -0.1) is 0 Å². The van der Waals surface area contributed by atoms with Crippen LogP contribution in [0, 0.1) is 0 Å². The topological polar surface area (TPSA) is 63.7 Å². The number of hydrogen-bond donors (Lipinski definition) is 0. The summed E-state index contributed by atoms with van der Waals surface area (Å²) in [6.07, 6.45) is 0.132. The molecule has 1 aromatic rings. The van der Waals surface area contributed by atoms with Crippen molar-refractivity contribution in [2.45, 2.75) is 39.3 Å². The van der Waals surface area contributed by atoms with Crippen molar-refractivity contribution in [3.63, 3.8) is 0 Å². The highest BCUT2D eigenvalue weighted by Gasteiger charge is 2.33. The van der Waals surface area contributed by atoms with E-state index in [1.54, 1.807) is 52.0 Å². The van der Waals surface area contributed by atoms with Crippen LogP contribution in [0.15, 0.2) is 30.3 Å². The van der Waals surface area contributed by atoms with E-state index in [9.17, 15) is 13.2 Å². The highest BCUT2D eigenvalue weighted by Crippen LogP contribution is 2.25. The molecule has 0 spiro atoms. The van der Waals surface area contributed by atoms with Crippen LogP contribution in [0.2, 0.25) is 0 Å². The zero-order valence-corrected chi connectivity index (χ0v) is 13.3. The summed E-state index contributed by atoms with van der Waals surface area (Å²) in [5.41, 5.74) is -0.0278. The maximum Gasteiger partial charge on any atom is 0.424 e. The summed E-state index contributed by atoms with van der Waals surface area (Å²) in [7, 11) is -3.73. The molecule has 5 nitrogen and oxygen atoms in total. The van der Waals surface area contributed by atoms with Gasteiger partial charge in [0.05, 0.1) is 12.3 Å². The molecule has 1 aromatic carbocycles. The summed E-state index contributed by atoms with van der Waals surface area (Å²) in [6.45, 7) is 6.73. The van der Waals surface area contributed by atoms with Crippen LogP contribution in [0.4, 0.5) is 4.79 Å². The van der Waals surface area contributed by atoms with E-state index < -0.39 is 27.8 Å². The first kappa shape index (κ1) is 16.5. The van der Waals surface area contributed by atoms with Crippen molar-refractivity contribution in [1.82, 2.24) is 4.31 Å². The van der Waals surface area contributed by atoms with Crippen molar-refractivity contribution in [2.75, 3.05) is 6.26 Å². The van der Waals surface area contributed by atoms with Crippen molar-refractivity contribution in [3.05, 3.63) is 35.9 Å². The van der Waals surface area contributed by atoms with Gasteiger partial charge in [0.25, 0.3) is 0 Å². The molecule has 1 rings (SSSR count). The highest BCUT2D eigenvalue weighted by molar-refractivity contribution is 7.88. The second-order valence-electron chi connectivity index (χ2n) is 5.63. The van der Waals surface area contributed by atoms with E-state index in [-0.39, 0.29) is 0 Å². The highest BCUT2D eigenvalue weighted by atomic mass is 32.2. The van der Waals surface area contributed by atoms with E-state index in [0.29, 0.717) is 0 Å². The lowest BCUT2D eigenvalue weighted by molar-refractivity contribution is 0.0347. The normalized spacial score (nSPS) is 13.7. The summed E-state index contributed by atoms with van der Waals surface area (Å²) < 4.78 is 29.7. The Morgan fingerprint density at radius 2 is 1.70 bits per heavy atom. The Bertz CT molecular complexity index is 561. The summed E-state index contributed by atoms with van der Waals surface area (Å²) >= 11 is 0. The first-order valence-corrected chi connectivity index (χ1v) is 8.14. The van der Waals surface area contributed by atoms with Crippen molar-refractivity contribution < 1.29 is 17.9 Å². The second-order valence-corrected chi connectivity index (χ2v) is 7.49. The van der Waals surface area contributed by atoms with Gasteiger partial charge in [-0.2, -0.15) is 4.31 Å². The molecule has 0 saturated carbocycles. The van der Waals surface area contributed by atoms with E-state index in [2.05, 4.69) is 0 Å². The molecular formula is C14H21NO4S. The van der Waals surface area contributed by atoms with E-state index in [1.165, 1.54) is 0 Å². The lowest BCUT2D eigenvalue weighted by Crippen LogP contribution is -2.41. The average Bonchev–Trinajstić information content (AvgIpc) is 2.25. The third-order valence-electron chi connectivity index (χ3n) is 2.56. The first-order chi connectivity index (χ1) is 9.02. The van der Waals surface area contributed by atoms with Gasteiger partial charge >= 0.3 is 6.09 Å². The number of ether oxygens (including phenoxy) is 1. The Labute approximate surface area is 120 Å². The smallest absolute Gasteiger partial charge is 0.424 e. The summed E-state index contributed by atoms with van der Waals surface area (Å²) in [4.78, 5) is 12.1. The van der Waals surface area contributed by atoms with Gasteiger partial charge in [0.2, 0.25) is 10.0 Å². The molecule has 0 aromatic heterocycles. The van der Waals surface area contributed by atoms with Crippen molar-refractivity contribution in [1.29, 1.82) is 0 Å². The Kier molecular flexibility index (Phi) is 4.81. The molecule has 0 fully saturated rings. The standard InChI is InChI=1S/C14H21NO4S/c1-11(12-9-7-6-8-10-12)15(20(5,17)18)13(16)19-14(2,3)4/h6-11H,1-5H3. The lowest BCUT2D eigenvalue weighted by atomic mass is 10.1. The monoisotopic (exact) mass is 299 g/mol. The van der Waals surface area contributed by atoms with Gasteiger partial charge in [-0.1, -0.05) is 30.3 Å². The fourth-order valence-electron chi connectivity index (χ4n) is 1.75. The number of carbonyl (C=O) groups excluding carboxylic acids is 1. The Morgan fingerprint density at radius 3 is 2.10 bits per heavy atom. The minimum atomic E-state index is -3.73. The third-order valence-corrected chi connectivity index (χ3v) is 3.74. The van der Waals surface area contributed by atoms with Gasteiger partial charge in [0, 0.05) is 0 Å². The average molecular weight is 299 g/mol. The van der Waals surface area contributed by atoms with Gasteiger partial charge in [0.15, 0.2) is 0 Å². The van der Waals surface area contributed by atoms with E-state index in [4.69, 9.17) is 4.74 Å². The minimum Gasteiger partial charge on any atom is -0.443 e. The van der Waals surface area contributed by atoms with Gasteiger partial charge < -0.3 is 4.74 Å². The van der Waals surface area contributed by atoms with Crippen LogP contribution in [0.5, 0.6) is 0 Å². The van der Waals surface area contributed by atoms with Crippen molar-refractivity contribution >= 4 is 16.1 Å². The molecule has 1 unspecified atom stereocenters. The van der Waals surface area contributed by atoms with Gasteiger partial charge in [-0.3, -0.25) is 0 Å². The number of sulfonamides is 1. The molecule has 0 aliphatic carbocycles. The van der Waals surface area contributed by atoms with E-state index in [1.807, 2.05) is 6.07 Å². The van der Waals surface area contributed by atoms with Crippen LogP contribution >= 0.6 is 0 Å². The van der Waals surface area contributed by atoms with Crippen molar-refractivity contribution in [3.8, 4) is 0 Å². The van der Waals surface area contributed by atoms with Gasteiger partial charge in [-0.25, -0.2) is 13.2 Å². The third kappa shape index (κ3) is 4.52. The molecule has 0 N–H and O–H groups in total. The molecule has 0 bridgehead atoms. The SMILES string of the molecule is CC(c1ccccc1)N(C(=O)OC(C)(C)C)S(C)(=O)=O. The molecule has 1 atom stereocenters. The Hall–Kier alpha value is -1.56. The maximum absolute atomic E-state index is 12.1. The summed E-state index contributed by atoms with van der Waals surface area (Å²) in [5, 5.41) is 0. The Balaban J connectivity index is 3.12. The minimum absolute atomic E-state index is 0.624. The lowest BCUT2D eigenvalue weighted by Gasteiger charge is -2.30. The zero-order chi connectivity index (χ0) is 15.6. The summed E-state index contributed by atoms with van der Waals surface area (Å²) in [5.74, 6) is 0. The van der Waals surface area contributed by atoms with Gasteiger partial charge in [0.1, 0.15) is 5.60 Å². The molecule has 0 heterocycles. The number of benzene rings is 1. The van der Waals surface area contributed by atoms with Crippen LogP contribution in [0.25, 0.3) is 0 Å². The molecule has 6 heteroatoms. The molecule has 0 aliphatic rings. The number of hydrogen-bond acceptors (Lipinski definition) is 4. The van der Waals surface area contributed by atoms with E-state index >= 15 is 0 Å². The quantitative estimate of drug-likeness (QED) is 0.861.